The monoisotopic (exact) mass is 434 g/mol. The number of carbonyl (C=O) groups is 1. The molecule has 0 aromatic heterocycles. The summed E-state index contributed by atoms with van der Waals surface area (Å²) in [7, 11) is 1.54. The highest BCUT2D eigenvalue weighted by Crippen LogP contribution is 2.44. The molecule has 3 aromatic rings. The Hall–Kier alpha value is -3.93. The van der Waals surface area contributed by atoms with Gasteiger partial charge in [0.15, 0.2) is 0 Å². The fourth-order valence-electron chi connectivity index (χ4n) is 3.80. The van der Waals surface area contributed by atoms with Crippen LogP contribution in [0.25, 0.3) is 17.2 Å². The Morgan fingerprint density at radius 2 is 1.62 bits per heavy atom. The van der Waals surface area contributed by atoms with Crippen molar-refractivity contribution in [1.29, 1.82) is 0 Å². The number of aliphatic carboxylic acids is 1. The first-order valence-electron chi connectivity index (χ1n) is 9.91. The molecule has 6 heteroatoms. The summed E-state index contributed by atoms with van der Waals surface area (Å²) >= 11 is 0. The summed E-state index contributed by atoms with van der Waals surface area (Å²) < 4.78 is 38.3. The van der Waals surface area contributed by atoms with E-state index in [4.69, 9.17) is 9.47 Å². The molecular weight excluding hydrogens is 414 g/mol. The fraction of sp³-hybridized carbons (Fsp3) is 0.115. The highest BCUT2D eigenvalue weighted by Gasteiger charge is 2.26. The molecular formula is C26H20F2O4. The van der Waals surface area contributed by atoms with Crippen molar-refractivity contribution >= 4 is 23.2 Å². The van der Waals surface area contributed by atoms with Crippen molar-refractivity contribution in [2.24, 2.45) is 0 Å². The van der Waals surface area contributed by atoms with Crippen LogP contribution in [0, 0.1) is 11.6 Å². The molecule has 0 fully saturated rings. The van der Waals surface area contributed by atoms with E-state index < -0.39 is 11.8 Å². The lowest BCUT2D eigenvalue weighted by Crippen LogP contribution is -1.97. The number of ether oxygens (including phenoxy) is 2. The highest BCUT2D eigenvalue weighted by molar-refractivity contribution is 6.07. The van der Waals surface area contributed by atoms with Gasteiger partial charge >= 0.3 is 5.97 Å². The number of allylic oxidation sites excluding steroid dienone is 2. The largest absolute Gasteiger partial charge is 0.496 e. The maximum atomic E-state index is 13.9. The third-order valence-electron chi connectivity index (χ3n) is 5.34. The summed E-state index contributed by atoms with van der Waals surface area (Å²) in [5.74, 6) is -0.192. The van der Waals surface area contributed by atoms with Gasteiger partial charge in [0.25, 0.3) is 0 Å². The second kappa shape index (κ2) is 8.67. The van der Waals surface area contributed by atoms with Gasteiger partial charge in [0.05, 0.1) is 13.5 Å². The average molecular weight is 434 g/mol. The molecule has 1 aliphatic carbocycles. The Labute approximate surface area is 184 Å². The first kappa shape index (κ1) is 21.3. The quantitative estimate of drug-likeness (QED) is 0.477. The predicted octanol–water partition coefficient (Wildman–Crippen LogP) is 6.57. The molecule has 0 saturated heterocycles. The summed E-state index contributed by atoms with van der Waals surface area (Å²) in [5.41, 5.74) is 4.29. The first-order chi connectivity index (χ1) is 15.4. The second-order valence-electron chi connectivity index (χ2n) is 7.38. The van der Waals surface area contributed by atoms with Gasteiger partial charge in [-0.25, -0.2) is 8.78 Å². The normalized spacial score (nSPS) is 13.9. The second-order valence-corrected chi connectivity index (χ2v) is 7.38. The molecule has 0 atom stereocenters. The summed E-state index contributed by atoms with van der Waals surface area (Å²) in [6, 6.07) is 15.4. The molecule has 162 valence electrons. The highest BCUT2D eigenvalue weighted by atomic mass is 19.1. The van der Waals surface area contributed by atoms with E-state index in [1.54, 1.807) is 18.2 Å². The lowest BCUT2D eigenvalue weighted by atomic mass is 10.00. The van der Waals surface area contributed by atoms with Crippen LogP contribution < -0.4 is 9.47 Å². The van der Waals surface area contributed by atoms with E-state index in [1.165, 1.54) is 43.5 Å². The zero-order valence-corrected chi connectivity index (χ0v) is 17.5. The summed E-state index contributed by atoms with van der Waals surface area (Å²) in [6.07, 6.45) is 1.70. The summed E-state index contributed by atoms with van der Waals surface area (Å²) in [5, 5.41) is 9.31. The Morgan fingerprint density at radius 3 is 2.31 bits per heavy atom. The van der Waals surface area contributed by atoms with Crippen molar-refractivity contribution in [3.05, 3.63) is 94.6 Å². The first-order valence-corrected chi connectivity index (χ1v) is 9.91. The van der Waals surface area contributed by atoms with E-state index in [9.17, 15) is 18.7 Å². The number of carboxylic acids is 1. The van der Waals surface area contributed by atoms with E-state index in [1.807, 2.05) is 19.1 Å². The standard InChI is InChI=1S/C26H20F2O4/c1-15-22(21-10-6-18(28)12-24(21)23(15)14-26(29)30)11-16-3-7-20(13-25(16)31-2)32-19-8-4-17(27)5-9-19/h3-13H,14H2,1-2H3,(H,29,30)/b22-11-. The van der Waals surface area contributed by atoms with E-state index >= 15 is 0 Å². The minimum absolute atomic E-state index is 0.193. The van der Waals surface area contributed by atoms with Gasteiger partial charge in [-0.3, -0.25) is 4.79 Å². The number of benzene rings is 3. The molecule has 0 unspecified atom stereocenters. The van der Waals surface area contributed by atoms with Crippen molar-refractivity contribution in [3.8, 4) is 17.2 Å². The number of methoxy groups -OCH3 is 1. The Kier molecular flexibility index (Phi) is 5.77. The van der Waals surface area contributed by atoms with Crippen molar-refractivity contribution in [3.63, 3.8) is 0 Å². The molecule has 0 heterocycles. The maximum absolute atomic E-state index is 13.9. The fourth-order valence-corrected chi connectivity index (χ4v) is 3.80. The number of hydrogen-bond donors (Lipinski definition) is 1. The van der Waals surface area contributed by atoms with E-state index in [-0.39, 0.29) is 12.2 Å². The molecule has 4 nitrogen and oxygen atoms in total. The smallest absolute Gasteiger partial charge is 0.307 e. The zero-order chi connectivity index (χ0) is 22.8. The predicted molar refractivity (Wildman–Crippen MR) is 119 cm³/mol. The SMILES string of the molecule is COc1cc(Oc2ccc(F)cc2)ccc1/C=C1/C(C)=C(CC(=O)O)c2cc(F)ccc21. The van der Waals surface area contributed by atoms with E-state index in [0.717, 1.165) is 22.3 Å². The van der Waals surface area contributed by atoms with Gasteiger partial charge in [0.1, 0.15) is 28.9 Å². The Balaban J connectivity index is 1.73. The van der Waals surface area contributed by atoms with Gasteiger partial charge in [0.2, 0.25) is 0 Å². The maximum Gasteiger partial charge on any atom is 0.307 e. The van der Waals surface area contributed by atoms with Crippen molar-refractivity contribution < 1.29 is 28.2 Å². The van der Waals surface area contributed by atoms with Crippen molar-refractivity contribution in [1.82, 2.24) is 0 Å². The number of rotatable bonds is 6. The Morgan fingerprint density at radius 1 is 0.938 bits per heavy atom. The van der Waals surface area contributed by atoms with E-state index in [0.29, 0.717) is 28.4 Å². The van der Waals surface area contributed by atoms with Gasteiger partial charge in [-0.1, -0.05) is 6.07 Å². The zero-order valence-electron chi connectivity index (χ0n) is 17.5. The van der Waals surface area contributed by atoms with Gasteiger partial charge in [0, 0.05) is 11.6 Å². The van der Waals surface area contributed by atoms with Crippen LogP contribution in [0.1, 0.15) is 30.0 Å². The van der Waals surface area contributed by atoms with E-state index in [2.05, 4.69) is 0 Å². The van der Waals surface area contributed by atoms with Gasteiger partial charge in [-0.05, 0) is 89.4 Å². The van der Waals surface area contributed by atoms with Gasteiger partial charge < -0.3 is 14.6 Å². The van der Waals surface area contributed by atoms with Gasteiger partial charge in [-0.15, -0.1) is 0 Å². The number of hydrogen-bond acceptors (Lipinski definition) is 3. The molecule has 0 bridgehead atoms. The molecule has 0 amide bonds. The average Bonchev–Trinajstić information content (AvgIpc) is 3.01. The topological polar surface area (TPSA) is 55.8 Å². The molecule has 4 rings (SSSR count). The van der Waals surface area contributed by atoms with Crippen LogP contribution in [0.4, 0.5) is 8.78 Å². The number of halogens is 2. The molecule has 0 aliphatic heterocycles. The van der Waals surface area contributed by atoms with Crippen LogP contribution >= 0.6 is 0 Å². The molecule has 0 radical (unpaired) electrons. The molecule has 32 heavy (non-hydrogen) atoms. The number of carboxylic acid groups (broad SMARTS) is 1. The third-order valence-corrected chi connectivity index (χ3v) is 5.34. The molecule has 1 aliphatic rings. The van der Waals surface area contributed by atoms with Crippen LogP contribution in [0.15, 0.2) is 66.2 Å². The van der Waals surface area contributed by atoms with Crippen LogP contribution in [0.3, 0.4) is 0 Å². The molecule has 0 spiro atoms. The van der Waals surface area contributed by atoms with Crippen LogP contribution in [0.5, 0.6) is 17.2 Å². The number of fused-ring (bicyclic) bond motifs is 1. The summed E-state index contributed by atoms with van der Waals surface area (Å²) in [4.78, 5) is 11.4. The lowest BCUT2D eigenvalue weighted by Gasteiger charge is -2.11. The van der Waals surface area contributed by atoms with Crippen molar-refractivity contribution in [2.75, 3.05) is 7.11 Å². The summed E-state index contributed by atoms with van der Waals surface area (Å²) in [6.45, 7) is 1.83. The van der Waals surface area contributed by atoms with Crippen molar-refractivity contribution in [2.45, 2.75) is 13.3 Å². The van der Waals surface area contributed by atoms with Crippen LogP contribution in [-0.2, 0) is 4.79 Å². The minimum Gasteiger partial charge on any atom is -0.496 e. The van der Waals surface area contributed by atoms with Gasteiger partial charge in [-0.2, -0.15) is 0 Å². The minimum atomic E-state index is -0.976. The molecule has 0 saturated carbocycles. The third kappa shape index (κ3) is 4.25. The molecule has 1 N–H and O–H groups in total. The Bertz CT molecular complexity index is 1260. The van der Waals surface area contributed by atoms with Crippen LogP contribution in [-0.4, -0.2) is 18.2 Å². The molecule has 3 aromatic carbocycles. The van der Waals surface area contributed by atoms with Crippen LogP contribution in [0.2, 0.25) is 0 Å². The lowest BCUT2D eigenvalue weighted by molar-refractivity contribution is -0.135.